The molecule has 0 saturated carbocycles. The fourth-order valence-electron chi connectivity index (χ4n) is 1.00. The topological polar surface area (TPSA) is 95.5 Å². The van der Waals surface area contributed by atoms with E-state index in [0.717, 1.165) is 0 Å². The van der Waals surface area contributed by atoms with Crippen LogP contribution in [0.1, 0.15) is 27.7 Å². The molecule has 92 valence electrons. The summed E-state index contributed by atoms with van der Waals surface area (Å²) in [7, 11) is 0. The van der Waals surface area contributed by atoms with Crippen LogP contribution in [0.5, 0.6) is 0 Å². The lowest BCUT2D eigenvalue weighted by Crippen LogP contribution is -2.44. The van der Waals surface area contributed by atoms with Crippen LogP contribution in [-0.2, 0) is 14.4 Å². The molecular weight excluding hydrogens is 212 g/mol. The quantitative estimate of drug-likeness (QED) is 0.452. The maximum atomic E-state index is 11.6. The molecule has 0 aliphatic carbocycles. The van der Waals surface area contributed by atoms with Crippen LogP contribution in [0.4, 0.5) is 0 Å². The monoisotopic (exact) mass is 230 g/mol. The zero-order valence-corrected chi connectivity index (χ0v) is 9.90. The Balaban J connectivity index is 4.39. The number of carbonyl (C=O) groups excluding carboxylic acids is 3. The van der Waals surface area contributed by atoms with Crippen LogP contribution in [0.2, 0.25) is 0 Å². The largest absolute Gasteiger partial charge is 0.346 e. The number of ketones is 1. The van der Waals surface area contributed by atoms with Crippen molar-refractivity contribution in [1.82, 2.24) is 10.8 Å². The van der Waals surface area contributed by atoms with E-state index < -0.39 is 23.8 Å². The van der Waals surface area contributed by atoms with Crippen molar-refractivity contribution in [3.8, 4) is 0 Å². The Morgan fingerprint density at radius 3 is 1.81 bits per heavy atom. The second-order valence-electron chi connectivity index (χ2n) is 3.89. The van der Waals surface area contributed by atoms with Gasteiger partial charge in [-0.1, -0.05) is 13.8 Å². The van der Waals surface area contributed by atoms with Crippen molar-refractivity contribution in [2.45, 2.75) is 33.7 Å². The summed E-state index contributed by atoms with van der Waals surface area (Å²) in [5, 5.41) is 10.9. The van der Waals surface area contributed by atoms with Crippen molar-refractivity contribution in [1.29, 1.82) is 0 Å². The number of amides is 2. The van der Waals surface area contributed by atoms with E-state index in [9.17, 15) is 14.4 Å². The van der Waals surface area contributed by atoms with E-state index in [2.05, 4.69) is 5.32 Å². The Bertz CT molecular complexity index is 291. The molecule has 6 heteroatoms. The molecule has 0 fully saturated rings. The molecule has 16 heavy (non-hydrogen) atoms. The van der Waals surface area contributed by atoms with Gasteiger partial charge >= 0.3 is 0 Å². The highest BCUT2D eigenvalue weighted by molar-refractivity contribution is 5.90. The van der Waals surface area contributed by atoms with Crippen molar-refractivity contribution >= 4 is 17.6 Å². The van der Waals surface area contributed by atoms with E-state index in [0.29, 0.717) is 0 Å². The molecule has 2 amide bonds. The van der Waals surface area contributed by atoms with Crippen LogP contribution < -0.4 is 10.8 Å². The number of rotatable bonds is 5. The highest BCUT2D eigenvalue weighted by Gasteiger charge is 2.27. The number of nitrogens with one attached hydrogen (secondary N) is 2. The van der Waals surface area contributed by atoms with Gasteiger partial charge in [-0.3, -0.25) is 19.6 Å². The van der Waals surface area contributed by atoms with Gasteiger partial charge in [0.2, 0.25) is 11.8 Å². The van der Waals surface area contributed by atoms with Crippen LogP contribution in [-0.4, -0.2) is 28.8 Å². The first-order valence-electron chi connectivity index (χ1n) is 5.06. The van der Waals surface area contributed by atoms with Gasteiger partial charge in [-0.05, 0) is 13.8 Å². The van der Waals surface area contributed by atoms with E-state index >= 15 is 0 Å². The summed E-state index contributed by atoms with van der Waals surface area (Å²) in [6, 6.07) is -0.570. The molecule has 0 rings (SSSR count). The number of hydrogen-bond acceptors (Lipinski definition) is 4. The smallest absolute Gasteiger partial charge is 0.246 e. The Hall–Kier alpha value is -1.43. The molecule has 3 N–H and O–H groups in total. The molecular formula is C10H18N2O4. The summed E-state index contributed by atoms with van der Waals surface area (Å²) >= 11 is 0. The average Bonchev–Trinajstić information content (AvgIpc) is 2.25. The van der Waals surface area contributed by atoms with E-state index in [-0.39, 0.29) is 11.7 Å². The summed E-state index contributed by atoms with van der Waals surface area (Å²) < 4.78 is 0. The molecule has 1 unspecified atom stereocenters. The van der Waals surface area contributed by atoms with E-state index in [1.54, 1.807) is 13.8 Å². The van der Waals surface area contributed by atoms with Crippen molar-refractivity contribution in [3.63, 3.8) is 0 Å². The molecule has 0 aromatic rings. The summed E-state index contributed by atoms with van der Waals surface area (Å²) in [5.74, 6) is -2.45. The van der Waals surface area contributed by atoms with Crippen LogP contribution in [0.25, 0.3) is 0 Å². The fourth-order valence-corrected chi connectivity index (χ4v) is 1.00. The maximum absolute atomic E-state index is 11.6. The second-order valence-corrected chi connectivity index (χ2v) is 3.89. The summed E-state index contributed by atoms with van der Waals surface area (Å²) in [6.45, 7) is 6.03. The third kappa shape index (κ3) is 3.98. The number of hydroxylamine groups is 1. The van der Waals surface area contributed by atoms with Crippen molar-refractivity contribution in [3.05, 3.63) is 0 Å². The van der Waals surface area contributed by atoms with E-state index in [1.807, 2.05) is 0 Å². The van der Waals surface area contributed by atoms with Crippen molar-refractivity contribution < 1.29 is 19.6 Å². The van der Waals surface area contributed by atoms with Crippen LogP contribution in [0.3, 0.4) is 0 Å². The first-order valence-corrected chi connectivity index (χ1v) is 5.06. The van der Waals surface area contributed by atoms with Crippen molar-refractivity contribution in [2.75, 3.05) is 0 Å². The summed E-state index contributed by atoms with van der Waals surface area (Å²) in [4.78, 5) is 33.6. The number of hydrogen-bond donors (Lipinski definition) is 3. The molecule has 0 aliphatic heterocycles. The molecule has 0 aliphatic rings. The van der Waals surface area contributed by atoms with Gasteiger partial charge in [0.25, 0.3) is 0 Å². The van der Waals surface area contributed by atoms with Gasteiger partial charge < -0.3 is 5.32 Å². The average molecular weight is 230 g/mol. The Kier molecular flexibility index (Phi) is 5.66. The van der Waals surface area contributed by atoms with Gasteiger partial charge in [0.1, 0.15) is 0 Å². The zero-order valence-electron chi connectivity index (χ0n) is 9.90. The molecule has 0 bridgehead atoms. The number of Topliss-reactive ketones (excluding diaryl/α,β-unsaturated/α-hetero) is 1. The van der Waals surface area contributed by atoms with Gasteiger partial charge in [0.15, 0.2) is 5.78 Å². The standard InChI is InChI=1S/C10H18N2O4/c1-5(6(2)10(15)12-16)9(14)11-7(3)8(4)13/h5-7,16H,1-4H3,(H,11,14)(H,12,15)/t5?,6-,7-/m0/s1. The molecule has 0 spiro atoms. The van der Waals surface area contributed by atoms with Crippen LogP contribution in [0, 0.1) is 11.8 Å². The highest BCUT2D eigenvalue weighted by Crippen LogP contribution is 2.11. The molecule has 3 atom stereocenters. The first-order chi connectivity index (χ1) is 7.31. The molecule has 6 nitrogen and oxygen atoms in total. The normalized spacial score (nSPS) is 15.8. The predicted molar refractivity (Wildman–Crippen MR) is 56.5 cm³/mol. The Labute approximate surface area is 94.4 Å². The molecule has 0 radical (unpaired) electrons. The summed E-state index contributed by atoms with van der Waals surface area (Å²) in [6.07, 6.45) is 0. The lowest BCUT2D eigenvalue weighted by Gasteiger charge is -2.19. The third-order valence-corrected chi connectivity index (χ3v) is 2.66. The predicted octanol–water partition coefficient (Wildman–Crippen LogP) is -0.142. The third-order valence-electron chi connectivity index (χ3n) is 2.66. The summed E-state index contributed by atoms with van der Waals surface area (Å²) in [5.41, 5.74) is 1.49. The fraction of sp³-hybridized carbons (Fsp3) is 0.700. The van der Waals surface area contributed by atoms with Gasteiger partial charge in [0, 0.05) is 11.8 Å². The van der Waals surface area contributed by atoms with Gasteiger partial charge in [-0.25, -0.2) is 5.48 Å². The first kappa shape index (κ1) is 14.6. The Morgan fingerprint density at radius 2 is 1.44 bits per heavy atom. The maximum Gasteiger partial charge on any atom is 0.246 e. The lowest BCUT2D eigenvalue weighted by molar-refractivity contribution is -0.139. The minimum Gasteiger partial charge on any atom is -0.346 e. The van der Waals surface area contributed by atoms with Crippen LogP contribution in [0.15, 0.2) is 0 Å². The van der Waals surface area contributed by atoms with Gasteiger partial charge in [-0.2, -0.15) is 0 Å². The second kappa shape index (κ2) is 6.22. The zero-order chi connectivity index (χ0) is 12.9. The van der Waals surface area contributed by atoms with Gasteiger partial charge in [-0.15, -0.1) is 0 Å². The number of carbonyl (C=O) groups is 3. The highest BCUT2D eigenvalue weighted by atomic mass is 16.5. The SMILES string of the molecule is CC(=O)[C@H](C)NC(=O)C(C)[C@H](C)C(=O)NO. The van der Waals surface area contributed by atoms with Crippen molar-refractivity contribution in [2.24, 2.45) is 11.8 Å². The minimum atomic E-state index is -0.663. The molecule has 0 saturated heterocycles. The van der Waals surface area contributed by atoms with Gasteiger partial charge in [0.05, 0.1) is 6.04 Å². The van der Waals surface area contributed by atoms with E-state index in [4.69, 9.17) is 5.21 Å². The molecule has 0 aromatic carbocycles. The lowest BCUT2D eigenvalue weighted by atomic mass is 9.94. The Morgan fingerprint density at radius 1 is 1.00 bits per heavy atom. The van der Waals surface area contributed by atoms with E-state index in [1.165, 1.54) is 19.3 Å². The molecule has 0 heterocycles. The minimum absolute atomic E-state index is 0.153. The van der Waals surface area contributed by atoms with Crippen LogP contribution >= 0.6 is 0 Å². The molecule has 0 aromatic heterocycles.